The molecule has 1 nitrogen and oxygen atoms in total. The molecule has 0 aliphatic heterocycles. The van der Waals surface area contributed by atoms with Gasteiger partial charge < -0.3 is 5.73 Å². The van der Waals surface area contributed by atoms with Gasteiger partial charge in [-0.3, -0.25) is 0 Å². The van der Waals surface area contributed by atoms with Gasteiger partial charge in [0.25, 0.3) is 0 Å². The highest BCUT2D eigenvalue weighted by molar-refractivity contribution is 5.85. The largest absolute Gasteiger partial charge is 0.399 e. The van der Waals surface area contributed by atoms with E-state index in [1.807, 2.05) is 12.1 Å². The fourth-order valence-corrected chi connectivity index (χ4v) is 2.82. The van der Waals surface area contributed by atoms with Crippen LogP contribution in [0.4, 0.5) is 5.69 Å². The first kappa shape index (κ1) is 15.4. The molecule has 116 valence electrons. The molecule has 0 aromatic heterocycles. The second-order valence-corrected chi connectivity index (χ2v) is 7.00. The Labute approximate surface area is 138 Å². The first-order valence-corrected chi connectivity index (χ1v) is 8.01. The van der Waals surface area contributed by atoms with Crippen LogP contribution in [0.1, 0.15) is 26.3 Å². The van der Waals surface area contributed by atoms with Gasteiger partial charge in [0.15, 0.2) is 0 Å². The van der Waals surface area contributed by atoms with Gasteiger partial charge >= 0.3 is 0 Å². The molecule has 2 N–H and O–H groups in total. The average molecular weight is 301 g/mol. The third kappa shape index (κ3) is 3.29. The molecular weight excluding hydrogens is 278 g/mol. The number of rotatable bonds is 2. The van der Waals surface area contributed by atoms with Gasteiger partial charge in [-0.1, -0.05) is 81.4 Å². The van der Waals surface area contributed by atoms with Gasteiger partial charge in [-0.15, -0.1) is 0 Å². The minimum Gasteiger partial charge on any atom is -0.399 e. The van der Waals surface area contributed by atoms with Crippen LogP contribution >= 0.6 is 0 Å². The SMILES string of the molecule is CC(C)(C)c1cccc(-c2cc(N)ccc2-c2ccccc2)c1. The summed E-state index contributed by atoms with van der Waals surface area (Å²) in [5.74, 6) is 0. The summed E-state index contributed by atoms with van der Waals surface area (Å²) in [5, 5.41) is 0. The molecule has 0 fully saturated rings. The van der Waals surface area contributed by atoms with E-state index in [0.29, 0.717) is 0 Å². The Morgan fingerprint density at radius 3 is 2.04 bits per heavy atom. The molecule has 3 rings (SSSR count). The molecule has 0 bridgehead atoms. The lowest BCUT2D eigenvalue weighted by Crippen LogP contribution is -2.10. The lowest BCUT2D eigenvalue weighted by atomic mass is 9.84. The summed E-state index contributed by atoms with van der Waals surface area (Å²) in [4.78, 5) is 0. The molecule has 0 atom stereocenters. The molecule has 0 spiro atoms. The first-order valence-electron chi connectivity index (χ1n) is 8.01. The maximum Gasteiger partial charge on any atom is 0.0320 e. The maximum absolute atomic E-state index is 6.07. The Hall–Kier alpha value is -2.54. The van der Waals surface area contributed by atoms with Crippen molar-refractivity contribution >= 4 is 5.69 Å². The quantitative estimate of drug-likeness (QED) is 0.586. The highest BCUT2D eigenvalue weighted by Gasteiger charge is 2.15. The summed E-state index contributed by atoms with van der Waals surface area (Å²) in [6.07, 6.45) is 0. The number of anilines is 1. The van der Waals surface area contributed by atoms with Crippen LogP contribution in [-0.2, 0) is 5.41 Å². The number of nitrogen functional groups attached to an aromatic ring is 1. The Bertz CT molecular complexity index is 811. The van der Waals surface area contributed by atoms with Crippen molar-refractivity contribution in [1.82, 2.24) is 0 Å². The zero-order valence-electron chi connectivity index (χ0n) is 14.0. The minimum atomic E-state index is 0.128. The third-order valence-corrected chi connectivity index (χ3v) is 4.17. The van der Waals surface area contributed by atoms with Crippen LogP contribution in [0.3, 0.4) is 0 Å². The highest BCUT2D eigenvalue weighted by atomic mass is 14.5. The van der Waals surface area contributed by atoms with E-state index in [2.05, 4.69) is 81.4 Å². The van der Waals surface area contributed by atoms with E-state index in [0.717, 1.165) is 5.69 Å². The van der Waals surface area contributed by atoms with Crippen LogP contribution in [0.15, 0.2) is 72.8 Å². The van der Waals surface area contributed by atoms with Crippen molar-refractivity contribution in [2.75, 3.05) is 5.73 Å². The Balaban J connectivity index is 2.19. The van der Waals surface area contributed by atoms with E-state index in [1.54, 1.807) is 0 Å². The summed E-state index contributed by atoms with van der Waals surface area (Å²) >= 11 is 0. The molecule has 0 heterocycles. The fraction of sp³-hybridized carbons (Fsp3) is 0.182. The lowest BCUT2D eigenvalue weighted by Gasteiger charge is -2.20. The molecule has 0 unspecified atom stereocenters. The van der Waals surface area contributed by atoms with Crippen molar-refractivity contribution in [1.29, 1.82) is 0 Å². The van der Waals surface area contributed by atoms with Gasteiger partial charge in [-0.05, 0) is 45.4 Å². The summed E-state index contributed by atoms with van der Waals surface area (Å²) in [6.45, 7) is 6.72. The summed E-state index contributed by atoms with van der Waals surface area (Å²) < 4.78 is 0. The summed E-state index contributed by atoms with van der Waals surface area (Å²) in [7, 11) is 0. The zero-order chi connectivity index (χ0) is 16.4. The molecule has 0 saturated carbocycles. The van der Waals surface area contributed by atoms with E-state index < -0.39 is 0 Å². The van der Waals surface area contributed by atoms with Crippen molar-refractivity contribution in [3.8, 4) is 22.3 Å². The molecule has 0 amide bonds. The molecule has 0 radical (unpaired) electrons. The van der Waals surface area contributed by atoms with Crippen LogP contribution in [0.25, 0.3) is 22.3 Å². The molecule has 0 saturated heterocycles. The molecule has 3 aromatic carbocycles. The predicted octanol–water partition coefficient (Wildman–Crippen LogP) is 5.90. The van der Waals surface area contributed by atoms with Crippen LogP contribution in [-0.4, -0.2) is 0 Å². The molecule has 23 heavy (non-hydrogen) atoms. The van der Waals surface area contributed by atoms with Crippen LogP contribution in [0.5, 0.6) is 0 Å². The van der Waals surface area contributed by atoms with Crippen molar-refractivity contribution in [2.24, 2.45) is 0 Å². The van der Waals surface area contributed by atoms with Crippen LogP contribution in [0.2, 0.25) is 0 Å². The maximum atomic E-state index is 6.07. The van der Waals surface area contributed by atoms with Crippen molar-refractivity contribution in [3.63, 3.8) is 0 Å². The monoisotopic (exact) mass is 301 g/mol. The Kier molecular flexibility index (Phi) is 3.96. The van der Waals surface area contributed by atoms with Gasteiger partial charge in [0.05, 0.1) is 0 Å². The standard InChI is InChI=1S/C22H23N/c1-22(2,3)18-11-7-10-17(14-18)21-15-19(23)12-13-20(21)16-8-5-4-6-9-16/h4-15H,23H2,1-3H3. The van der Waals surface area contributed by atoms with Gasteiger partial charge in [-0.2, -0.15) is 0 Å². The summed E-state index contributed by atoms with van der Waals surface area (Å²) in [5.41, 5.74) is 13.1. The lowest BCUT2D eigenvalue weighted by molar-refractivity contribution is 0.590. The number of hydrogen-bond acceptors (Lipinski definition) is 1. The number of hydrogen-bond donors (Lipinski definition) is 1. The van der Waals surface area contributed by atoms with Gasteiger partial charge in [0.2, 0.25) is 0 Å². The Morgan fingerprint density at radius 2 is 1.35 bits per heavy atom. The normalized spacial score (nSPS) is 11.4. The van der Waals surface area contributed by atoms with Gasteiger partial charge in [-0.25, -0.2) is 0 Å². The number of benzene rings is 3. The molecule has 0 aliphatic carbocycles. The van der Waals surface area contributed by atoms with Crippen molar-refractivity contribution < 1.29 is 0 Å². The topological polar surface area (TPSA) is 26.0 Å². The van der Waals surface area contributed by atoms with Crippen molar-refractivity contribution in [3.05, 3.63) is 78.4 Å². The molecular formula is C22H23N. The second kappa shape index (κ2) is 5.92. The smallest absolute Gasteiger partial charge is 0.0320 e. The first-order chi connectivity index (χ1) is 10.9. The molecule has 3 aromatic rings. The fourth-order valence-electron chi connectivity index (χ4n) is 2.82. The average Bonchev–Trinajstić information content (AvgIpc) is 2.55. The number of nitrogens with two attached hydrogens (primary N) is 1. The highest BCUT2D eigenvalue weighted by Crippen LogP contribution is 2.35. The van der Waals surface area contributed by atoms with E-state index in [1.165, 1.54) is 27.8 Å². The third-order valence-electron chi connectivity index (χ3n) is 4.17. The Morgan fingerprint density at radius 1 is 0.652 bits per heavy atom. The van der Waals surface area contributed by atoms with E-state index in [-0.39, 0.29) is 5.41 Å². The predicted molar refractivity (Wildman–Crippen MR) is 100 cm³/mol. The van der Waals surface area contributed by atoms with Crippen molar-refractivity contribution in [2.45, 2.75) is 26.2 Å². The van der Waals surface area contributed by atoms with E-state index >= 15 is 0 Å². The molecule has 1 heteroatoms. The molecule has 0 aliphatic rings. The van der Waals surface area contributed by atoms with E-state index in [4.69, 9.17) is 5.73 Å². The van der Waals surface area contributed by atoms with Gasteiger partial charge in [0, 0.05) is 5.69 Å². The van der Waals surface area contributed by atoms with Crippen LogP contribution in [0, 0.1) is 0 Å². The zero-order valence-corrected chi connectivity index (χ0v) is 14.0. The van der Waals surface area contributed by atoms with Gasteiger partial charge in [0.1, 0.15) is 0 Å². The van der Waals surface area contributed by atoms with E-state index in [9.17, 15) is 0 Å². The minimum absolute atomic E-state index is 0.128. The second-order valence-electron chi connectivity index (χ2n) is 7.00. The van der Waals surface area contributed by atoms with Crippen LogP contribution < -0.4 is 5.73 Å². The summed E-state index contributed by atoms with van der Waals surface area (Å²) in [6, 6.07) is 25.4.